The lowest BCUT2D eigenvalue weighted by atomic mass is 10.1. The SMILES string of the molecule is CC.CCCc1cccc(F)c1F. The Morgan fingerprint density at radius 2 is 1.77 bits per heavy atom. The maximum Gasteiger partial charge on any atom is 0.162 e. The van der Waals surface area contributed by atoms with E-state index >= 15 is 0 Å². The summed E-state index contributed by atoms with van der Waals surface area (Å²) in [4.78, 5) is 0. The molecule has 0 amide bonds. The van der Waals surface area contributed by atoms with Crippen LogP contribution in [0.25, 0.3) is 0 Å². The van der Waals surface area contributed by atoms with Crippen LogP contribution in [-0.4, -0.2) is 0 Å². The van der Waals surface area contributed by atoms with Crippen LogP contribution in [0.15, 0.2) is 18.2 Å². The highest BCUT2D eigenvalue weighted by molar-refractivity contribution is 5.18. The number of hydrogen-bond acceptors (Lipinski definition) is 0. The molecule has 0 aromatic heterocycles. The van der Waals surface area contributed by atoms with E-state index in [1.54, 1.807) is 6.07 Å². The van der Waals surface area contributed by atoms with Gasteiger partial charge in [-0.1, -0.05) is 39.3 Å². The summed E-state index contributed by atoms with van der Waals surface area (Å²) in [7, 11) is 0. The van der Waals surface area contributed by atoms with Gasteiger partial charge in [-0.15, -0.1) is 0 Å². The van der Waals surface area contributed by atoms with Gasteiger partial charge in [-0.3, -0.25) is 0 Å². The largest absolute Gasteiger partial charge is 0.204 e. The monoisotopic (exact) mass is 186 g/mol. The Balaban J connectivity index is 0.000000671. The zero-order valence-corrected chi connectivity index (χ0v) is 8.40. The lowest BCUT2D eigenvalue weighted by Gasteiger charge is -1.99. The fourth-order valence-electron chi connectivity index (χ4n) is 1.01. The standard InChI is InChI=1S/C9H10F2.C2H6/c1-2-4-7-5-3-6-8(10)9(7)11;1-2/h3,5-6H,2,4H2,1H3;1-2H3. The minimum atomic E-state index is -0.754. The lowest BCUT2D eigenvalue weighted by molar-refractivity contribution is 0.498. The van der Waals surface area contributed by atoms with E-state index in [0.717, 1.165) is 12.5 Å². The molecule has 0 fully saturated rings. The molecule has 13 heavy (non-hydrogen) atoms. The van der Waals surface area contributed by atoms with Crippen LogP contribution in [0.3, 0.4) is 0 Å². The average Bonchev–Trinajstić information content (AvgIpc) is 2.17. The molecule has 0 aliphatic rings. The van der Waals surface area contributed by atoms with Crippen molar-refractivity contribution >= 4 is 0 Å². The summed E-state index contributed by atoms with van der Waals surface area (Å²) in [6.45, 7) is 5.93. The molecule has 0 aliphatic heterocycles. The van der Waals surface area contributed by atoms with Crippen LogP contribution in [0, 0.1) is 11.6 Å². The maximum atomic E-state index is 12.8. The van der Waals surface area contributed by atoms with Crippen molar-refractivity contribution in [1.82, 2.24) is 0 Å². The van der Waals surface area contributed by atoms with E-state index in [9.17, 15) is 8.78 Å². The molecule has 0 unspecified atom stereocenters. The molecule has 0 bridgehead atoms. The second-order valence-corrected chi connectivity index (χ2v) is 2.46. The minimum Gasteiger partial charge on any atom is -0.204 e. The summed E-state index contributed by atoms with van der Waals surface area (Å²) in [6.07, 6.45) is 1.43. The molecule has 0 radical (unpaired) electrons. The van der Waals surface area contributed by atoms with Crippen molar-refractivity contribution in [2.45, 2.75) is 33.6 Å². The van der Waals surface area contributed by atoms with Crippen molar-refractivity contribution in [2.75, 3.05) is 0 Å². The first-order valence-corrected chi connectivity index (χ1v) is 4.68. The molecule has 0 N–H and O–H groups in total. The van der Waals surface area contributed by atoms with Gasteiger partial charge in [-0.25, -0.2) is 8.78 Å². The quantitative estimate of drug-likeness (QED) is 0.656. The number of benzene rings is 1. The van der Waals surface area contributed by atoms with Crippen LogP contribution in [0.5, 0.6) is 0 Å². The molecule has 0 atom stereocenters. The summed E-state index contributed by atoms with van der Waals surface area (Å²) in [5.41, 5.74) is 0.465. The first-order chi connectivity index (χ1) is 6.25. The minimum absolute atomic E-state index is 0.465. The van der Waals surface area contributed by atoms with Crippen molar-refractivity contribution in [3.63, 3.8) is 0 Å². The molecule has 2 heteroatoms. The molecule has 0 saturated carbocycles. The highest BCUT2D eigenvalue weighted by Crippen LogP contribution is 2.12. The Kier molecular flexibility index (Phi) is 6.11. The van der Waals surface area contributed by atoms with Crippen molar-refractivity contribution in [2.24, 2.45) is 0 Å². The van der Waals surface area contributed by atoms with E-state index in [-0.39, 0.29) is 0 Å². The average molecular weight is 186 g/mol. The van der Waals surface area contributed by atoms with E-state index in [0.29, 0.717) is 12.0 Å². The number of halogens is 2. The van der Waals surface area contributed by atoms with Crippen molar-refractivity contribution < 1.29 is 8.78 Å². The molecule has 74 valence electrons. The molecule has 0 spiro atoms. The first-order valence-electron chi connectivity index (χ1n) is 4.68. The van der Waals surface area contributed by atoms with Crippen LogP contribution in [0.4, 0.5) is 8.78 Å². The van der Waals surface area contributed by atoms with Crippen LogP contribution in [0.1, 0.15) is 32.8 Å². The topological polar surface area (TPSA) is 0 Å². The zero-order chi connectivity index (χ0) is 10.3. The molecule has 0 saturated heterocycles. The summed E-state index contributed by atoms with van der Waals surface area (Å²) in [5.74, 6) is -1.45. The van der Waals surface area contributed by atoms with Gasteiger partial charge in [0.1, 0.15) is 0 Å². The Bertz CT molecular complexity index is 244. The van der Waals surface area contributed by atoms with Gasteiger partial charge in [0.2, 0.25) is 0 Å². The van der Waals surface area contributed by atoms with Gasteiger partial charge in [-0.05, 0) is 18.1 Å². The molecular formula is C11H16F2. The predicted molar refractivity (Wildman–Crippen MR) is 51.7 cm³/mol. The van der Waals surface area contributed by atoms with Crippen molar-refractivity contribution in [3.8, 4) is 0 Å². The van der Waals surface area contributed by atoms with Crippen LogP contribution in [-0.2, 0) is 6.42 Å². The van der Waals surface area contributed by atoms with E-state index in [2.05, 4.69) is 0 Å². The van der Waals surface area contributed by atoms with Crippen molar-refractivity contribution in [1.29, 1.82) is 0 Å². The van der Waals surface area contributed by atoms with E-state index in [4.69, 9.17) is 0 Å². The zero-order valence-electron chi connectivity index (χ0n) is 8.40. The molecule has 0 aliphatic carbocycles. The third kappa shape index (κ3) is 3.53. The van der Waals surface area contributed by atoms with Crippen LogP contribution in [0.2, 0.25) is 0 Å². The fourth-order valence-corrected chi connectivity index (χ4v) is 1.01. The Morgan fingerprint density at radius 1 is 1.15 bits per heavy atom. The number of hydrogen-bond donors (Lipinski definition) is 0. The second kappa shape index (κ2) is 6.58. The van der Waals surface area contributed by atoms with E-state index < -0.39 is 11.6 Å². The molecule has 1 rings (SSSR count). The van der Waals surface area contributed by atoms with E-state index in [1.165, 1.54) is 6.07 Å². The molecule has 1 aromatic rings. The van der Waals surface area contributed by atoms with Gasteiger partial charge < -0.3 is 0 Å². The predicted octanol–water partition coefficient (Wildman–Crippen LogP) is 3.94. The molecule has 0 heterocycles. The summed E-state index contributed by atoms with van der Waals surface area (Å²) in [6, 6.07) is 4.28. The maximum absolute atomic E-state index is 12.8. The molecule has 0 nitrogen and oxygen atoms in total. The van der Waals surface area contributed by atoms with Gasteiger partial charge in [0, 0.05) is 0 Å². The number of rotatable bonds is 2. The lowest BCUT2D eigenvalue weighted by Crippen LogP contribution is -1.92. The van der Waals surface area contributed by atoms with Gasteiger partial charge in [0.05, 0.1) is 0 Å². The number of aryl methyl sites for hydroxylation is 1. The normalized spacial score (nSPS) is 9.00. The summed E-state index contributed by atoms with van der Waals surface area (Å²) < 4.78 is 25.3. The van der Waals surface area contributed by atoms with Gasteiger partial charge in [0.15, 0.2) is 11.6 Å². The summed E-state index contributed by atoms with van der Waals surface area (Å²) >= 11 is 0. The smallest absolute Gasteiger partial charge is 0.162 e. The third-order valence-corrected chi connectivity index (χ3v) is 1.55. The van der Waals surface area contributed by atoms with Gasteiger partial charge in [0.25, 0.3) is 0 Å². The first kappa shape index (κ1) is 12.1. The fraction of sp³-hybridized carbons (Fsp3) is 0.455. The highest BCUT2D eigenvalue weighted by Gasteiger charge is 2.04. The van der Waals surface area contributed by atoms with E-state index in [1.807, 2.05) is 20.8 Å². The van der Waals surface area contributed by atoms with Gasteiger partial charge in [-0.2, -0.15) is 0 Å². The second-order valence-electron chi connectivity index (χ2n) is 2.46. The Morgan fingerprint density at radius 3 is 2.31 bits per heavy atom. The van der Waals surface area contributed by atoms with Crippen LogP contribution >= 0.6 is 0 Å². The third-order valence-electron chi connectivity index (χ3n) is 1.55. The highest BCUT2D eigenvalue weighted by atomic mass is 19.2. The Hall–Kier alpha value is -0.920. The molecule has 1 aromatic carbocycles. The summed E-state index contributed by atoms with van der Waals surface area (Å²) in [5, 5.41) is 0. The van der Waals surface area contributed by atoms with Crippen LogP contribution < -0.4 is 0 Å². The van der Waals surface area contributed by atoms with Crippen molar-refractivity contribution in [3.05, 3.63) is 35.4 Å². The van der Waals surface area contributed by atoms with Gasteiger partial charge >= 0.3 is 0 Å². The molecular weight excluding hydrogens is 170 g/mol. The Labute approximate surface area is 78.6 Å².